The molecule has 2 aliphatic heterocycles. The molecule has 144 valence electrons. The van der Waals surface area contributed by atoms with E-state index in [0.717, 1.165) is 25.8 Å². The smallest absolute Gasteiger partial charge is 0.254 e. The lowest BCUT2D eigenvalue weighted by Crippen LogP contribution is -2.46. The van der Waals surface area contributed by atoms with Crippen LogP contribution < -0.4 is 10.6 Å². The van der Waals surface area contributed by atoms with Gasteiger partial charge < -0.3 is 15.5 Å². The third-order valence-corrected chi connectivity index (χ3v) is 6.17. The number of para-hydroxylation sites is 1. The van der Waals surface area contributed by atoms with E-state index in [2.05, 4.69) is 31.4 Å². The van der Waals surface area contributed by atoms with Crippen molar-refractivity contribution in [2.24, 2.45) is 10.8 Å². The number of benzene rings is 1. The van der Waals surface area contributed by atoms with Crippen molar-refractivity contribution in [2.75, 3.05) is 11.9 Å². The Morgan fingerprint density at radius 1 is 1.19 bits per heavy atom. The molecule has 6 nitrogen and oxygen atoms in total. The highest BCUT2D eigenvalue weighted by Crippen LogP contribution is 2.52. The Bertz CT molecular complexity index is 819. The van der Waals surface area contributed by atoms with E-state index in [1.165, 1.54) is 0 Å². The summed E-state index contributed by atoms with van der Waals surface area (Å²) in [6.45, 7) is 7.52. The van der Waals surface area contributed by atoms with Crippen LogP contribution in [0.1, 0.15) is 56.8 Å². The van der Waals surface area contributed by atoms with E-state index in [1.54, 1.807) is 24.3 Å². The third-order valence-electron chi connectivity index (χ3n) is 6.17. The molecule has 1 saturated carbocycles. The molecule has 0 spiro atoms. The number of carbonyl (C=O) groups is 3. The van der Waals surface area contributed by atoms with Crippen molar-refractivity contribution in [3.8, 4) is 0 Å². The summed E-state index contributed by atoms with van der Waals surface area (Å²) in [6, 6.07) is 6.27. The lowest BCUT2D eigenvalue weighted by Gasteiger charge is -2.39. The number of likely N-dealkylation sites (tertiary alicyclic amines) is 1. The first-order chi connectivity index (χ1) is 12.7. The summed E-state index contributed by atoms with van der Waals surface area (Å²) in [5.74, 6) is -0.710. The number of carbonyl (C=O) groups excluding carboxylic acids is 3. The Morgan fingerprint density at radius 2 is 1.93 bits per heavy atom. The van der Waals surface area contributed by atoms with Crippen molar-refractivity contribution in [1.29, 1.82) is 0 Å². The molecule has 0 unspecified atom stereocenters. The van der Waals surface area contributed by atoms with Crippen molar-refractivity contribution < 1.29 is 14.4 Å². The predicted octanol–water partition coefficient (Wildman–Crippen LogP) is 2.55. The molecule has 0 radical (unpaired) electrons. The molecule has 27 heavy (non-hydrogen) atoms. The fourth-order valence-corrected chi connectivity index (χ4v) is 5.50. The van der Waals surface area contributed by atoms with Crippen LogP contribution in [0, 0.1) is 10.8 Å². The van der Waals surface area contributed by atoms with Crippen molar-refractivity contribution >= 4 is 23.4 Å². The Morgan fingerprint density at radius 3 is 2.70 bits per heavy atom. The van der Waals surface area contributed by atoms with Gasteiger partial charge in [0.25, 0.3) is 5.91 Å². The molecule has 1 aromatic carbocycles. The van der Waals surface area contributed by atoms with Crippen LogP contribution in [0.15, 0.2) is 24.3 Å². The van der Waals surface area contributed by atoms with Crippen LogP contribution in [0.25, 0.3) is 0 Å². The molecule has 2 bridgehead atoms. The van der Waals surface area contributed by atoms with Gasteiger partial charge >= 0.3 is 0 Å². The van der Waals surface area contributed by atoms with Gasteiger partial charge in [0.05, 0.1) is 17.7 Å². The largest absolute Gasteiger partial charge is 0.340 e. The summed E-state index contributed by atoms with van der Waals surface area (Å²) in [6.07, 6.45) is 3.12. The molecule has 3 amide bonds. The van der Waals surface area contributed by atoms with Crippen LogP contribution in [0.2, 0.25) is 0 Å². The molecule has 3 atom stereocenters. The van der Waals surface area contributed by atoms with Crippen LogP contribution in [0.5, 0.6) is 0 Å². The Hall–Kier alpha value is -2.37. The number of fused-ring (bicyclic) bond motifs is 3. The molecule has 1 saturated heterocycles. The van der Waals surface area contributed by atoms with Gasteiger partial charge in [-0.2, -0.15) is 0 Å². The van der Waals surface area contributed by atoms with Gasteiger partial charge in [-0.1, -0.05) is 32.9 Å². The average Bonchev–Trinajstić information content (AvgIpc) is 2.76. The zero-order valence-corrected chi connectivity index (χ0v) is 16.2. The maximum atomic E-state index is 13.0. The minimum Gasteiger partial charge on any atom is -0.340 e. The topological polar surface area (TPSA) is 78.5 Å². The van der Waals surface area contributed by atoms with Crippen molar-refractivity contribution in [2.45, 2.75) is 58.5 Å². The summed E-state index contributed by atoms with van der Waals surface area (Å²) in [5, 5.41) is 5.50. The monoisotopic (exact) mass is 369 g/mol. The second-order valence-corrected chi connectivity index (χ2v) is 9.50. The minimum atomic E-state index is -0.848. The summed E-state index contributed by atoms with van der Waals surface area (Å²) < 4.78 is 0. The van der Waals surface area contributed by atoms with Gasteiger partial charge in [-0.25, -0.2) is 0 Å². The number of anilines is 1. The standard InChI is InChI=1S/C21H27N3O3/c1-20(2)9-13-10-21(3,11-20)12-24(13)17(25)8-16-19(27)22-15-7-5-4-6-14(15)18(26)23-16/h4-7,13,16H,8-12H2,1-3H3,(H,22,27)(H,23,26)/t13-,16+,21+/m0/s1. The van der Waals surface area contributed by atoms with Gasteiger partial charge in [0.1, 0.15) is 6.04 Å². The summed E-state index contributed by atoms with van der Waals surface area (Å²) >= 11 is 0. The molecule has 2 heterocycles. The highest BCUT2D eigenvalue weighted by Gasteiger charge is 2.51. The van der Waals surface area contributed by atoms with E-state index in [4.69, 9.17) is 0 Å². The molecule has 1 aliphatic carbocycles. The zero-order valence-electron chi connectivity index (χ0n) is 16.2. The van der Waals surface area contributed by atoms with E-state index in [-0.39, 0.29) is 41.0 Å². The number of hydrogen-bond acceptors (Lipinski definition) is 3. The first-order valence-electron chi connectivity index (χ1n) is 9.66. The average molecular weight is 369 g/mol. The normalized spacial score (nSPS) is 31.6. The van der Waals surface area contributed by atoms with Gasteiger partial charge in [-0.05, 0) is 42.2 Å². The van der Waals surface area contributed by atoms with Gasteiger partial charge in [-0.15, -0.1) is 0 Å². The first-order valence-corrected chi connectivity index (χ1v) is 9.66. The summed E-state index contributed by atoms with van der Waals surface area (Å²) in [5.41, 5.74) is 1.28. The molecule has 1 aromatic rings. The van der Waals surface area contributed by atoms with E-state index in [9.17, 15) is 14.4 Å². The maximum Gasteiger partial charge on any atom is 0.254 e. The Balaban J connectivity index is 1.49. The predicted molar refractivity (Wildman–Crippen MR) is 102 cm³/mol. The first kappa shape index (κ1) is 18.0. The Labute approximate surface area is 159 Å². The zero-order chi connectivity index (χ0) is 19.4. The number of nitrogens with one attached hydrogen (secondary N) is 2. The number of rotatable bonds is 2. The maximum absolute atomic E-state index is 13.0. The van der Waals surface area contributed by atoms with Crippen LogP contribution in [-0.4, -0.2) is 41.2 Å². The highest BCUT2D eigenvalue weighted by molar-refractivity contribution is 6.10. The van der Waals surface area contributed by atoms with Gasteiger partial charge in [0.15, 0.2) is 0 Å². The third kappa shape index (κ3) is 3.33. The van der Waals surface area contributed by atoms with Crippen LogP contribution in [0.4, 0.5) is 5.69 Å². The molecule has 0 aromatic heterocycles. The molecule has 4 rings (SSSR count). The lowest BCUT2D eigenvalue weighted by molar-refractivity contribution is -0.134. The number of hydrogen-bond donors (Lipinski definition) is 2. The second kappa shape index (κ2) is 6.08. The minimum absolute atomic E-state index is 0.00142. The van der Waals surface area contributed by atoms with Crippen molar-refractivity contribution in [1.82, 2.24) is 10.2 Å². The summed E-state index contributed by atoms with van der Waals surface area (Å²) in [4.78, 5) is 40.0. The number of amides is 3. The van der Waals surface area contributed by atoms with Crippen LogP contribution >= 0.6 is 0 Å². The van der Waals surface area contributed by atoms with Gasteiger partial charge in [0.2, 0.25) is 11.8 Å². The summed E-state index contributed by atoms with van der Waals surface area (Å²) in [7, 11) is 0. The molecule has 2 N–H and O–H groups in total. The van der Waals surface area contributed by atoms with E-state index >= 15 is 0 Å². The fourth-order valence-electron chi connectivity index (χ4n) is 5.50. The van der Waals surface area contributed by atoms with Crippen LogP contribution in [-0.2, 0) is 9.59 Å². The van der Waals surface area contributed by atoms with E-state index in [0.29, 0.717) is 11.3 Å². The fraction of sp³-hybridized carbons (Fsp3) is 0.571. The van der Waals surface area contributed by atoms with Gasteiger partial charge in [-0.3, -0.25) is 14.4 Å². The quantitative estimate of drug-likeness (QED) is 0.841. The Kier molecular flexibility index (Phi) is 4.05. The van der Waals surface area contributed by atoms with Crippen molar-refractivity contribution in [3.05, 3.63) is 29.8 Å². The van der Waals surface area contributed by atoms with Crippen LogP contribution in [0.3, 0.4) is 0 Å². The SMILES string of the molecule is CC1(C)C[C@H]2C[C@@](C)(CN2C(=O)C[C@H]2NC(=O)c3ccccc3NC2=O)C1. The number of nitrogens with zero attached hydrogens (tertiary/aromatic N) is 1. The van der Waals surface area contributed by atoms with Crippen molar-refractivity contribution in [3.63, 3.8) is 0 Å². The molecule has 3 aliphatic rings. The molecule has 2 fully saturated rings. The molecule has 6 heteroatoms. The second-order valence-electron chi connectivity index (χ2n) is 9.50. The van der Waals surface area contributed by atoms with Gasteiger partial charge in [0, 0.05) is 12.6 Å². The van der Waals surface area contributed by atoms with E-state index < -0.39 is 6.04 Å². The highest BCUT2D eigenvalue weighted by atomic mass is 16.2. The lowest BCUT2D eigenvalue weighted by atomic mass is 9.65. The van der Waals surface area contributed by atoms with E-state index in [1.807, 2.05) is 4.90 Å². The molecular weight excluding hydrogens is 342 g/mol. The molecular formula is C21H27N3O3.